The molecule has 1 saturated heterocycles. The third kappa shape index (κ3) is 3.62. The van der Waals surface area contributed by atoms with Crippen molar-refractivity contribution in [3.63, 3.8) is 0 Å². The third-order valence-corrected chi connectivity index (χ3v) is 5.34. The van der Waals surface area contributed by atoms with Crippen molar-refractivity contribution >= 4 is 17.2 Å². The molecule has 1 aliphatic rings. The van der Waals surface area contributed by atoms with Crippen molar-refractivity contribution in [3.8, 4) is 22.1 Å². The minimum atomic E-state index is 0.0249. The van der Waals surface area contributed by atoms with E-state index in [-0.39, 0.29) is 12.0 Å². The summed E-state index contributed by atoms with van der Waals surface area (Å²) in [6.45, 7) is 5.66. The average molecular weight is 362 g/mol. The molecule has 6 nitrogen and oxygen atoms in total. The number of aromatic nitrogens is 1. The van der Waals surface area contributed by atoms with E-state index >= 15 is 0 Å². The van der Waals surface area contributed by atoms with Crippen LogP contribution >= 0.6 is 11.3 Å². The van der Waals surface area contributed by atoms with E-state index in [1.54, 1.807) is 14.2 Å². The summed E-state index contributed by atoms with van der Waals surface area (Å²) >= 11 is 1.41. The van der Waals surface area contributed by atoms with Gasteiger partial charge in [0.15, 0.2) is 11.5 Å². The van der Waals surface area contributed by atoms with Crippen LogP contribution in [0.4, 0.5) is 0 Å². The number of carbonyl (C=O) groups excluding carboxylic acids is 1. The first-order valence-corrected chi connectivity index (χ1v) is 8.95. The molecule has 0 unspecified atom stereocenters. The number of hydrogen-bond acceptors (Lipinski definition) is 6. The van der Waals surface area contributed by atoms with Crippen LogP contribution in [0.15, 0.2) is 18.2 Å². The lowest BCUT2D eigenvalue weighted by molar-refractivity contribution is -0.0122. The topological polar surface area (TPSA) is 60.9 Å². The number of nitrogens with zero attached hydrogens (tertiary/aromatic N) is 2. The highest BCUT2D eigenvalue weighted by molar-refractivity contribution is 7.17. The minimum absolute atomic E-state index is 0.0249. The van der Waals surface area contributed by atoms with E-state index in [9.17, 15) is 4.79 Å². The van der Waals surface area contributed by atoms with Crippen LogP contribution in [0.25, 0.3) is 10.6 Å². The molecule has 0 N–H and O–H groups in total. The van der Waals surface area contributed by atoms with Crippen LogP contribution in [0.2, 0.25) is 0 Å². The fourth-order valence-corrected chi connectivity index (χ4v) is 3.86. The maximum atomic E-state index is 12.8. The lowest BCUT2D eigenvalue weighted by Gasteiger charge is -2.30. The van der Waals surface area contributed by atoms with E-state index < -0.39 is 0 Å². The lowest BCUT2D eigenvalue weighted by Crippen LogP contribution is -2.44. The van der Waals surface area contributed by atoms with Crippen LogP contribution in [0.5, 0.6) is 11.5 Å². The van der Waals surface area contributed by atoms with Gasteiger partial charge in [0.05, 0.1) is 32.6 Å². The summed E-state index contributed by atoms with van der Waals surface area (Å²) in [6, 6.07) is 5.64. The summed E-state index contributed by atoms with van der Waals surface area (Å²) in [5, 5.41) is 0.795. The number of hydrogen-bond donors (Lipinski definition) is 0. The number of aryl methyl sites for hydroxylation is 1. The van der Waals surface area contributed by atoms with Crippen molar-refractivity contribution in [2.45, 2.75) is 20.0 Å². The highest BCUT2D eigenvalue weighted by Gasteiger charge is 2.26. The molecule has 1 aromatic carbocycles. The number of rotatable bonds is 4. The van der Waals surface area contributed by atoms with E-state index in [2.05, 4.69) is 4.98 Å². The first-order chi connectivity index (χ1) is 12.0. The number of thiazole rings is 1. The smallest absolute Gasteiger partial charge is 0.266 e. The summed E-state index contributed by atoms with van der Waals surface area (Å²) in [5.41, 5.74) is 1.65. The SMILES string of the molecule is COc1ccc(-c2nc(C)c(C(=O)N3CCO[C@H](C)C3)s2)cc1OC. The molecule has 0 bridgehead atoms. The third-order valence-electron chi connectivity index (χ3n) is 4.15. The van der Waals surface area contributed by atoms with Crippen LogP contribution in [-0.4, -0.2) is 55.8 Å². The van der Waals surface area contributed by atoms with Crippen LogP contribution in [0, 0.1) is 6.92 Å². The summed E-state index contributed by atoms with van der Waals surface area (Å²) < 4.78 is 16.1. The van der Waals surface area contributed by atoms with Crippen molar-refractivity contribution in [2.24, 2.45) is 0 Å². The van der Waals surface area contributed by atoms with Crippen molar-refractivity contribution in [1.29, 1.82) is 0 Å². The standard InChI is InChI=1S/C18H22N2O4S/c1-11-10-20(7-8-24-11)18(21)16-12(2)19-17(25-16)13-5-6-14(22-3)15(9-13)23-4/h5-6,9,11H,7-8,10H2,1-4H3/t11-/m1/s1. The largest absolute Gasteiger partial charge is 0.493 e. The Balaban J connectivity index is 1.88. The van der Waals surface area contributed by atoms with E-state index in [1.807, 2.05) is 36.9 Å². The lowest BCUT2D eigenvalue weighted by atomic mass is 10.2. The molecule has 134 valence electrons. The van der Waals surface area contributed by atoms with Gasteiger partial charge in [-0.3, -0.25) is 4.79 Å². The summed E-state index contributed by atoms with van der Waals surface area (Å²) in [5.74, 6) is 1.33. The predicted molar refractivity (Wildman–Crippen MR) is 96.7 cm³/mol. The zero-order valence-electron chi connectivity index (χ0n) is 14.9. The van der Waals surface area contributed by atoms with Gasteiger partial charge in [-0.05, 0) is 32.0 Å². The Hall–Kier alpha value is -2.12. The van der Waals surface area contributed by atoms with Crippen LogP contribution in [0.1, 0.15) is 22.3 Å². The fraction of sp³-hybridized carbons (Fsp3) is 0.444. The molecular weight excluding hydrogens is 340 g/mol. The number of carbonyl (C=O) groups is 1. The molecule has 25 heavy (non-hydrogen) atoms. The molecule has 3 rings (SSSR count). The van der Waals surface area contributed by atoms with Crippen molar-refractivity contribution < 1.29 is 19.0 Å². The molecule has 1 amide bonds. The number of ether oxygens (including phenoxy) is 3. The number of benzene rings is 1. The van der Waals surface area contributed by atoms with Gasteiger partial charge in [-0.1, -0.05) is 0 Å². The second-order valence-corrected chi connectivity index (χ2v) is 6.93. The van der Waals surface area contributed by atoms with E-state index in [4.69, 9.17) is 14.2 Å². The summed E-state index contributed by atoms with van der Waals surface area (Å²) in [7, 11) is 3.20. The molecule has 2 aromatic rings. The molecule has 0 radical (unpaired) electrons. The Kier molecular flexibility index (Phi) is 5.24. The van der Waals surface area contributed by atoms with Gasteiger partial charge in [0.1, 0.15) is 9.88 Å². The van der Waals surface area contributed by atoms with E-state index in [0.29, 0.717) is 36.1 Å². The Morgan fingerprint density at radius 1 is 1.32 bits per heavy atom. The van der Waals surface area contributed by atoms with Gasteiger partial charge < -0.3 is 19.1 Å². The molecule has 1 atom stereocenters. The van der Waals surface area contributed by atoms with Crippen molar-refractivity contribution in [3.05, 3.63) is 28.8 Å². The van der Waals surface area contributed by atoms with Gasteiger partial charge in [-0.25, -0.2) is 4.98 Å². The quantitative estimate of drug-likeness (QED) is 0.837. The predicted octanol–water partition coefficient (Wildman–Crippen LogP) is 3.00. The molecule has 1 aromatic heterocycles. The summed E-state index contributed by atoms with van der Waals surface area (Å²) in [4.78, 5) is 19.9. The first kappa shape index (κ1) is 17.7. The van der Waals surface area contributed by atoms with Gasteiger partial charge in [0.25, 0.3) is 5.91 Å². The van der Waals surface area contributed by atoms with Gasteiger partial charge in [0, 0.05) is 18.7 Å². The monoisotopic (exact) mass is 362 g/mol. The number of methoxy groups -OCH3 is 2. The number of morpholine rings is 1. The average Bonchev–Trinajstić information content (AvgIpc) is 3.02. The fourth-order valence-electron chi connectivity index (χ4n) is 2.83. The molecule has 0 aliphatic carbocycles. The maximum absolute atomic E-state index is 12.8. The maximum Gasteiger partial charge on any atom is 0.266 e. The number of amides is 1. The van der Waals surface area contributed by atoms with E-state index in [1.165, 1.54) is 11.3 Å². The molecule has 0 saturated carbocycles. The molecule has 0 spiro atoms. The second kappa shape index (κ2) is 7.41. The second-order valence-electron chi connectivity index (χ2n) is 5.94. The Morgan fingerprint density at radius 3 is 2.76 bits per heavy atom. The zero-order chi connectivity index (χ0) is 18.0. The highest BCUT2D eigenvalue weighted by Crippen LogP contribution is 2.35. The first-order valence-electron chi connectivity index (χ1n) is 8.14. The van der Waals surface area contributed by atoms with Gasteiger partial charge in [-0.15, -0.1) is 11.3 Å². The van der Waals surface area contributed by atoms with Crippen LogP contribution < -0.4 is 9.47 Å². The molecule has 1 fully saturated rings. The zero-order valence-corrected chi connectivity index (χ0v) is 15.7. The Labute approximate surface area is 151 Å². The normalized spacial score (nSPS) is 17.4. The van der Waals surface area contributed by atoms with E-state index in [0.717, 1.165) is 16.3 Å². The highest BCUT2D eigenvalue weighted by atomic mass is 32.1. The Morgan fingerprint density at radius 2 is 2.08 bits per heavy atom. The molecule has 2 heterocycles. The van der Waals surface area contributed by atoms with Crippen molar-refractivity contribution in [2.75, 3.05) is 33.9 Å². The Bertz CT molecular complexity index is 774. The van der Waals surface area contributed by atoms with Gasteiger partial charge in [0.2, 0.25) is 0 Å². The molecule has 1 aliphatic heterocycles. The van der Waals surface area contributed by atoms with Crippen molar-refractivity contribution in [1.82, 2.24) is 9.88 Å². The van der Waals surface area contributed by atoms with Crippen LogP contribution in [-0.2, 0) is 4.74 Å². The van der Waals surface area contributed by atoms with Crippen LogP contribution in [0.3, 0.4) is 0 Å². The van der Waals surface area contributed by atoms with Gasteiger partial charge >= 0.3 is 0 Å². The van der Waals surface area contributed by atoms with Gasteiger partial charge in [-0.2, -0.15) is 0 Å². The minimum Gasteiger partial charge on any atom is -0.493 e. The summed E-state index contributed by atoms with van der Waals surface area (Å²) in [6.07, 6.45) is 0.0660. The molecule has 7 heteroatoms. The molecular formula is C18H22N2O4S.